The number of hydrogen-bond donors (Lipinski definition) is 3. The largest absolute Gasteiger partial charge is 0.383 e. The highest BCUT2D eigenvalue weighted by Crippen LogP contribution is 2.23. The van der Waals surface area contributed by atoms with Crippen molar-refractivity contribution in [2.24, 2.45) is 16.3 Å². The maximum Gasteiger partial charge on any atom is 0.205 e. The molecule has 0 aromatic carbocycles. The molecule has 0 fully saturated rings. The number of rotatable bonds is 9. The van der Waals surface area contributed by atoms with Gasteiger partial charge >= 0.3 is 0 Å². The normalized spacial score (nSPS) is 12.6. The molecule has 0 unspecified atom stereocenters. The number of hydrogen-bond acceptors (Lipinski definition) is 3. The maximum atomic E-state index is 5.42. The van der Waals surface area contributed by atoms with E-state index >= 15 is 0 Å². The van der Waals surface area contributed by atoms with Crippen LogP contribution >= 0.6 is 0 Å². The molecule has 4 N–H and O–H groups in total. The first kappa shape index (κ1) is 17.2. The fourth-order valence-corrected chi connectivity index (χ4v) is 1.65. The molecule has 0 saturated heterocycles. The lowest BCUT2D eigenvalue weighted by Gasteiger charge is -2.22. The highest BCUT2D eigenvalue weighted by molar-refractivity contribution is 5.79. The van der Waals surface area contributed by atoms with E-state index in [9.17, 15) is 0 Å². The molecule has 0 amide bonds. The lowest BCUT2D eigenvalue weighted by Crippen LogP contribution is -2.43. The van der Waals surface area contributed by atoms with Gasteiger partial charge < -0.3 is 10.1 Å². The summed E-state index contributed by atoms with van der Waals surface area (Å²) in [7, 11) is 1.67. The molecule has 5 heteroatoms. The number of hydrazine groups is 1. The first-order valence-corrected chi connectivity index (χ1v) is 6.79. The SMILES string of the molecule is CCCCCC(C)(C)CN=C(NN)NCCOC. The van der Waals surface area contributed by atoms with Crippen LogP contribution in [0.15, 0.2) is 4.99 Å². The van der Waals surface area contributed by atoms with Gasteiger partial charge in [-0.15, -0.1) is 0 Å². The maximum absolute atomic E-state index is 5.42. The fraction of sp³-hybridized carbons (Fsp3) is 0.923. The lowest BCUT2D eigenvalue weighted by atomic mass is 9.87. The minimum Gasteiger partial charge on any atom is -0.383 e. The van der Waals surface area contributed by atoms with Crippen molar-refractivity contribution in [2.45, 2.75) is 46.5 Å². The van der Waals surface area contributed by atoms with Crippen LogP contribution in [0, 0.1) is 5.41 Å². The van der Waals surface area contributed by atoms with E-state index < -0.39 is 0 Å². The zero-order valence-electron chi connectivity index (χ0n) is 12.4. The van der Waals surface area contributed by atoms with E-state index in [2.05, 4.69) is 36.5 Å². The van der Waals surface area contributed by atoms with Crippen LogP contribution in [0.5, 0.6) is 0 Å². The van der Waals surface area contributed by atoms with Crippen molar-refractivity contribution in [3.63, 3.8) is 0 Å². The average Bonchev–Trinajstić information content (AvgIpc) is 2.34. The van der Waals surface area contributed by atoms with Crippen LogP contribution in [0.1, 0.15) is 46.5 Å². The number of nitrogens with zero attached hydrogens (tertiary/aromatic N) is 1. The summed E-state index contributed by atoms with van der Waals surface area (Å²) in [5, 5.41) is 3.10. The first-order chi connectivity index (χ1) is 8.55. The number of aliphatic imine (C=N–C) groups is 1. The molecule has 0 heterocycles. The minimum absolute atomic E-state index is 0.222. The molecular weight excluding hydrogens is 228 g/mol. The second kappa shape index (κ2) is 10.1. The Bertz CT molecular complexity index is 229. The smallest absolute Gasteiger partial charge is 0.205 e. The predicted octanol–water partition coefficient (Wildman–Crippen LogP) is 1.65. The van der Waals surface area contributed by atoms with Gasteiger partial charge in [-0.1, -0.05) is 40.0 Å². The second-order valence-electron chi connectivity index (χ2n) is 5.35. The Morgan fingerprint density at radius 1 is 1.33 bits per heavy atom. The van der Waals surface area contributed by atoms with Crippen molar-refractivity contribution in [1.29, 1.82) is 0 Å². The van der Waals surface area contributed by atoms with Gasteiger partial charge in [-0.3, -0.25) is 10.4 Å². The van der Waals surface area contributed by atoms with Crippen LogP contribution in [0.4, 0.5) is 0 Å². The van der Waals surface area contributed by atoms with E-state index in [-0.39, 0.29) is 5.41 Å². The molecule has 0 atom stereocenters. The lowest BCUT2D eigenvalue weighted by molar-refractivity contribution is 0.203. The Morgan fingerprint density at radius 3 is 2.61 bits per heavy atom. The van der Waals surface area contributed by atoms with Gasteiger partial charge in [-0.2, -0.15) is 0 Å². The van der Waals surface area contributed by atoms with E-state index in [4.69, 9.17) is 10.6 Å². The van der Waals surface area contributed by atoms with E-state index in [0.29, 0.717) is 19.1 Å². The predicted molar refractivity (Wildman–Crippen MR) is 77.4 cm³/mol. The highest BCUT2D eigenvalue weighted by atomic mass is 16.5. The Hall–Kier alpha value is -0.810. The monoisotopic (exact) mass is 258 g/mol. The summed E-state index contributed by atoms with van der Waals surface area (Å²) in [6.07, 6.45) is 5.01. The zero-order chi connectivity index (χ0) is 13.9. The van der Waals surface area contributed by atoms with E-state index in [1.807, 2.05) is 0 Å². The molecule has 0 aliphatic rings. The molecule has 0 radical (unpaired) electrons. The van der Waals surface area contributed by atoms with Gasteiger partial charge in [0.25, 0.3) is 0 Å². The average molecular weight is 258 g/mol. The third-order valence-corrected chi connectivity index (χ3v) is 2.86. The summed E-state index contributed by atoms with van der Waals surface area (Å²) in [6.45, 7) is 8.83. The van der Waals surface area contributed by atoms with Gasteiger partial charge in [0.15, 0.2) is 0 Å². The summed E-state index contributed by atoms with van der Waals surface area (Å²) in [4.78, 5) is 4.48. The van der Waals surface area contributed by atoms with Gasteiger partial charge in [-0.25, -0.2) is 5.84 Å². The van der Waals surface area contributed by atoms with Crippen LogP contribution < -0.4 is 16.6 Å². The number of nitrogens with two attached hydrogens (primary N) is 1. The molecule has 0 aliphatic heterocycles. The second-order valence-corrected chi connectivity index (χ2v) is 5.35. The summed E-state index contributed by atoms with van der Waals surface area (Å²) >= 11 is 0. The molecule has 0 aromatic heterocycles. The van der Waals surface area contributed by atoms with Gasteiger partial charge in [0.05, 0.1) is 6.61 Å². The van der Waals surface area contributed by atoms with Crippen LogP contribution in [0.3, 0.4) is 0 Å². The number of unbranched alkanes of at least 4 members (excludes halogenated alkanes) is 2. The van der Waals surface area contributed by atoms with Crippen molar-refractivity contribution in [3.8, 4) is 0 Å². The van der Waals surface area contributed by atoms with E-state index in [1.165, 1.54) is 25.7 Å². The van der Waals surface area contributed by atoms with E-state index in [0.717, 1.165) is 6.54 Å². The van der Waals surface area contributed by atoms with Crippen molar-refractivity contribution < 1.29 is 4.74 Å². The molecule has 0 aromatic rings. The number of guanidine groups is 1. The summed E-state index contributed by atoms with van der Waals surface area (Å²) in [6, 6.07) is 0. The summed E-state index contributed by atoms with van der Waals surface area (Å²) in [5.41, 5.74) is 2.81. The topological polar surface area (TPSA) is 71.7 Å². The Labute approximate surface area is 112 Å². The van der Waals surface area contributed by atoms with Crippen LogP contribution in [0.2, 0.25) is 0 Å². The summed E-state index contributed by atoms with van der Waals surface area (Å²) in [5.74, 6) is 6.06. The minimum atomic E-state index is 0.222. The molecular formula is C13H30N4O. The van der Waals surface area contributed by atoms with Gasteiger partial charge in [0, 0.05) is 20.2 Å². The third kappa shape index (κ3) is 9.24. The molecule has 0 spiro atoms. The number of nitrogens with one attached hydrogen (secondary N) is 2. The fourth-order valence-electron chi connectivity index (χ4n) is 1.65. The highest BCUT2D eigenvalue weighted by Gasteiger charge is 2.16. The van der Waals surface area contributed by atoms with Crippen molar-refractivity contribution >= 4 is 5.96 Å². The standard InChI is InChI=1S/C13H30N4O/c1-5-6-7-8-13(2,3)11-16-12(17-14)15-9-10-18-4/h5-11,14H2,1-4H3,(H2,15,16,17). The Kier molecular flexibility index (Phi) is 9.69. The van der Waals surface area contributed by atoms with Crippen LogP contribution in [0.25, 0.3) is 0 Å². The van der Waals surface area contributed by atoms with Crippen molar-refractivity contribution in [2.75, 3.05) is 26.8 Å². The number of ether oxygens (including phenoxy) is 1. The quantitative estimate of drug-likeness (QED) is 0.193. The summed E-state index contributed by atoms with van der Waals surface area (Å²) < 4.78 is 4.96. The number of methoxy groups -OCH3 is 1. The Balaban J connectivity index is 4.03. The Morgan fingerprint density at radius 2 is 2.06 bits per heavy atom. The van der Waals surface area contributed by atoms with Gasteiger partial charge in [0.2, 0.25) is 5.96 Å². The zero-order valence-corrected chi connectivity index (χ0v) is 12.4. The molecule has 0 aliphatic carbocycles. The molecule has 5 nitrogen and oxygen atoms in total. The molecule has 18 heavy (non-hydrogen) atoms. The molecule has 108 valence electrons. The molecule has 0 saturated carbocycles. The van der Waals surface area contributed by atoms with Crippen molar-refractivity contribution in [1.82, 2.24) is 10.7 Å². The van der Waals surface area contributed by atoms with Gasteiger partial charge in [-0.05, 0) is 11.8 Å². The van der Waals surface area contributed by atoms with Gasteiger partial charge in [0.1, 0.15) is 0 Å². The third-order valence-electron chi connectivity index (χ3n) is 2.86. The van der Waals surface area contributed by atoms with Crippen LogP contribution in [-0.4, -0.2) is 32.8 Å². The van der Waals surface area contributed by atoms with E-state index in [1.54, 1.807) is 7.11 Å². The molecule has 0 rings (SSSR count). The van der Waals surface area contributed by atoms with Crippen LogP contribution in [-0.2, 0) is 4.74 Å². The molecule has 0 bridgehead atoms. The van der Waals surface area contributed by atoms with Crippen molar-refractivity contribution in [3.05, 3.63) is 0 Å². The first-order valence-electron chi connectivity index (χ1n) is 6.79.